The summed E-state index contributed by atoms with van der Waals surface area (Å²) >= 11 is 0. The van der Waals surface area contributed by atoms with Gasteiger partial charge in [-0.3, -0.25) is 11.3 Å². The summed E-state index contributed by atoms with van der Waals surface area (Å²) in [5.74, 6) is 4.44. The van der Waals surface area contributed by atoms with E-state index in [1.54, 1.807) is 0 Å². The molecule has 0 heterocycles. The van der Waals surface area contributed by atoms with Crippen LogP contribution in [0.2, 0.25) is 0 Å². The van der Waals surface area contributed by atoms with E-state index in [0.29, 0.717) is 12.0 Å². The van der Waals surface area contributed by atoms with E-state index in [1.807, 2.05) is 43.3 Å². The highest BCUT2D eigenvalue weighted by Gasteiger charge is 2.14. The van der Waals surface area contributed by atoms with Crippen molar-refractivity contribution in [3.63, 3.8) is 0 Å². The van der Waals surface area contributed by atoms with Gasteiger partial charge in [-0.2, -0.15) is 0 Å². The summed E-state index contributed by atoms with van der Waals surface area (Å²) < 4.78 is 26.6. The summed E-state index contributed by atoms with van der Waals surface area (Å²) in [5.41, 5.74) is 5.13. The molecule has 0 aliphatic carbocycles. The highest BCUT2D eigenvalue weighted by atomic mass is 19.1. The van der Waals surface area contributed by atoms with Crippen molar-refractivity contribution in [1.29, 1.82) is 0 Å². The van der Waals surface area contributed by atoms with Gasteiger partial charge in [0.15, 0.2) is 0 Å². The van der Waals surface area contributed by atoms with Gasteiger partial charge in [0.1, 0.15) is 11.6 Å². The van der Waals surface area contributed by atoms with Crippen LogP contribution >= 0.6 is 0 Å². The lowest BCUT2D eigenvalue weighted by Gasteiger charge is -2.19. The molecule has 3 nitrogen and oxygen atoms in total. The van der Waals surface area contributed by atoms with Crippen LogP contribution in [0.1, 0.15) is 17.2 Å². The Morgan fingerprint density at radius 3 is 2.29 bits per heavy atom. The van der Waals surface area contributed by atoms with Gasteiger partial charge in [-0.25, -0.2) is 8.78 Å². The molecule has 0 aromatic heterocycles. The zero-order valence-corrected chi connectivity index (χ0v) is 12.1. The van der Waals surface area contributed by atoms with Gasteiger partial charge >= 0.3 is 0 Å². The van der Waals surface area contributed by atoms with Crippen LogP contribution in [0.15, 0.2) is 42.5 Å². The van der Waals surface area contributed by atoms with Crippen molar-refractivity contribution < 1.29 is 8.78 Å². The normalized spacial score (nSPS) is 12.2. The van der Waals surface area contributed by atoms with Crippen LogP contribution in [0, 0.1) is 11.6 Å². The number of hydrazine groups is 1. The third-order valence-corrected chi connectivity index (χ3v) is 3.45. The molecule has 1 unspecified atom stereocenters. The minimum absolute atomic E-state index is 0.235. The number of nitrogens with one attached hydrogen (secondary N) is 1. The van der Waals surface area contributed by atoms with E-state index in [2.05, 4.69) is 5.43 Å². The molecule has 0 amide bonds. The van der Waals surface area contributed by atoms with Gasteiger partial charge in [-0.15, -0.1) is 0 Å². The molecular formula is C16H19F2N3. The van der Waals surface area contributed by atoms with Crippen molar-refractivity contribution in [1.82, 2.24) is 5.43 Å². The quantitative estimate of drug-likeness (QED) is 0.657. The second kappa shape index (κ2) is 6.65. The number of nitrogens with zero attached hydrogens (tertiary/aromatic N) is 1. The maximum Gasteiger partial charge on any atom is 0.129 e. The molecule has 2 aromatic rings. The van der Waals surface area contributed by atoms with Gasteiger partial charge in [0.05, 0.1) is 6.04 Å². The molecule has 5 heteroatoms. The van der Waals surface area contributed by atoms with Gasteiger partial charge in [0, 0.05) is 25.8 Å². The average molecular weight is 291 g/mol. The molecule has 0 radical (unpaired) electrons. The van der Waals surface area contributed by atoms with E-state index in [0.717, 1.165) is 17.3 Å². The van der Waals surface area contributed by atoms with Crippen molar-refractivity contribution in [2.24, 2.45) is 5.84 Å². The first-order valence-corrected chi connectivity index (χ1v) is 6.68. The zero-order valence-electron chi connectivity index (χ0n) is 12.1. The Bertz CT molecular complexity index is 597. The molecule has 0 aliphatic rings. The Morgan fingerprint density at radius 1 is 1.10 bits per heavy atom. The predicted octanol–water partition coefficient (Wildman–Crippen LogP) is 2.78. The largest absolute Gasteiger partial charge is 0.378 e. The number of benzene rings is 2. The summed E-state index contributed by atoms with van der Waals surface area (Å²) in [6.45, 7) is 0. The van der Waals surface area contributed by atoms with E-state index in [4.69, 9.17) is 5.84 Å². The molecule has 3 N–H and O–H groups in total. The molecule has 2 aromatic carbocycles. The van der Waals surface area contributed by atoms with Gasteiger partial charge in [-0.1, -0.05) is 18.2 Å². The molecule has 0 saturated carbocycles. The van der Waals surface area contributed by atoms with Gasteiger partial charge in [-0.05, 0) is 35.7 Å². The molecule has 0 bridgehead atoms. The number of hydrogen-bond donors (Lipinski definition) is 2. The van der Waals surface area contributed by atoms with E-state index in [9.17, 15) is 8.78 Å². The molecule has 21 heavy (non-hydrogen) atoms. The fourth-order valence-electron chi connectivity index (χ4n) is 2.18. The number of rotatable bonds is 5. The van der Waals surface area contributed by atoms with Crippen LogP contribution < -0.4 is 16.2 Å². The monoisotopic (exact) mass is 291 g/mol. The van der Waals surface area contributed by atoms with E-state index < -0.39 is 11.6 Å². The highest BCUT2D eigenvalue weighted by Crippen LogP contribution is 2.22. The lowest BCUT2D eigenvalue weighted by atomic mass is 9.98. The van der Waals surface area contributed by atoms with E-state index in [-0.39, 0.29) is 6.04 Å². The maximum absolute atomic E-state index is 13.7. The number of hydrogen-bond acceptors (Lipinski definition) is 3. The fraction of sp³-hybridized carbons (Fsp3) is 0.250. The summed E-state index contributed by atoms with van der Waals surface area (Å²) in [4.78, 5) is 1.99. The van der Waals surface area contributed by atoms with Crippen molar-refractivity contribution in [2.75, 3.05) is 19.0 Å². The van der Waals surface area contributed by atoms with Crippen molar-refractivity contribution in [2.45, 2.75) is 12.5 Å². The topological polar surface area (TPSA) is 41.3 Å². The third-order valence-electron chi connectivity index (χ3n) is 3.45. The van der Waals surface area contributed by atoms with Crippen LogP contribution in [0.5, 0.6) is 0 Å². The second-order valence-corrected chi connectivity index (χ2v) is 5.15. The number of anilines is 1. The standard InChI is InChI=1S/C16H19F2N3/c1-21(2)14-7-4-11(5-8-14)16(20-19)9-12-3-6-13(17)10-15(12)18/h3-8,10,16,20H,9,19H2,1-2H3. The summed E-state index contributed by atoms with van der Waals surface area (Å²) in [7, 11) is 3.92. The second-order valence-electron chi connectivity index (χ2n) is 5.15. The van der Waals surface area contributed by atoms with Gasteiger partial charge in [0.2, 0.25) is 0 Å². The molecular weight excluding hydrogens is 272 g/mol. The Balaban J connectivity index is 2.19. The smallest absolute Gasteiger partial charge is 0.129 e. The average Bonchev–Trinajstić information content (AvgIpc) is 2.47. The van der Waals surface area contributed by atoms with Crippen LogP contribution in [-0.2, 0) is 6.42 Å². The number of nitrogens with two attached hydrogens (primary N) is 1. The van der Waals surface area contributed by atoms with Crippen molar-refractivity contribution in [3.05, 3.63) is 65.2 Å². The van der Waals surface area contributed by atoms with Crippen LogP contribution in [0.3, 0.4) is 0 Å². The first kappa shape index (κ1) is 15.4. The summed E-state index contributed by atoms with van der Waals surface area (Å²) in [5, 5.41) is 0. The first-order chi connectivity index (χ1) is 10.0. The molecule has 1 atom stereocenters. The summed E-state index contributed by atoms with van der Waals surface area (Å²) in [6.07, 6.45) is 0.351. The predicted molar refractivity (Wildman–Crippen MR) is 80.9 cm³/mol. The Morgan fingerprint density at radius 2 is 1.76 bits per heavy atom. The summed E-state index contributed by atoms with van der Waals surface area (Å²) in [6, 6.07) is 11.2. The Hall–Kier alpha value is -1.98. The van der Waals surface area contributed by atoms with Crippen molar-refractivity contribution >= 4 is 5.69 Å². The van der Waals surface area contributed by atoms with Gasteiger partial charge < -0.3 is 4.90 Å². The molecule has 2 rings (SSSR count). The third kappa shape index (κ3) is 3.77. The van der Waals surface area contributed by atoms with E-state index >= 15 is 0 Å². The van der Waals surface area contributed by atoms with Crippen molar-refractivity contribution in [3.8, 4) is 0 Å². The van der Waals surface area contributed by atoms with Crippen LogP contribution in [-0.4, -0.2) is 14.1 Å². The SMILES string of the molecule is CN(C)c1ccc(C(Cc2ccc(F)cc2F)NN)cc1. The Labute approximate surface area is 123 Å². The molecule has 0 fully saturated rings. The maximum atomic E-state index is 13.7. The van der Waals surface area contributed by atoms with Crippen LogP contribution in [0.4, 0.5) is 14.5 Å². The first-order valence-electron chi connectivity index (χ1n) is 6.68. The Kier molecular flexibility index (Phi) is 4.88. The van der Waals surface area contributed by atoms with Crippen LogP contribution in [0.25, 0.3) is 0 Å². The molecule has 0 aliphatic heterocycles. The fourth-order valence-corrected chi connectivity index (χ4v) is 2.18. The van der Waals surface area contributed by atoms with Gasteiger partial charge in [0.25, 0.3) is 0 Å². The molecule has 0 saturated heterocycles. The molecule has 0 spiro atoms. The lowest BCUT2D eigenvalue weighted by Crippen LogP contribution is -2.29. The lowest BCUT2D eigenvalue weighted by molar-refractivity contribution is 0.522. The van der Waals surface area contributed by atoms with E-state index in [1.165, 1.54) is 12.1 Å². The minimum Gasteiger partial charge on any atom is -0.378 e. The zero-order chi connectivity index (χ0) is 15.4. The highest BCUT2D eigenvalue weighted by molar-refractivity contribution is 5.46. The molecule has 112 valence electrons. The number of halogens is 2. The minimum atomic E-state index is -0.580.